The number of nitrogens with one attached hydrogen (secondary N) is 1. The summed E-state index contributed by atoms with van der Waals surface area (Å²) in [6.45, 7) is 10.4. The van der Waals surface area contributed by atoms with Crippen LogP contribution in [0.5, 0.6) is 0 Å². The average molecular weight is 288 g/mol. The second-order valence-electron chi connectivity index (χ2n) is 7.03. The van der Waals surface area contributed by atoms with Gasteiger partial charge in [0, 0.05) is 6.54 Å². The number of hydrogen-bond acceptors (Lipinski definition) is 2. The predicted molar refractivity (Wildman–Crippen MR) is 87.3 cm³/mol. The van der Waals surface area contributed by atoms with E-state index in [1.54, 1.807) is 0 Å². The molecule has 0 unspecified atom stereocenters. The van der Waals surface area contributed by atoms with Crippen molar-refractivity contribution in [2.75, 3.05) is 20.1 Å². The number of nitrogens with zero attached hydrogens (tertiary/aromatic N) is 1. The Morgan fingerprint density at radius 1 is 1.33 bits per heavy atom. The Bertz CT molecular complexity index is 522. The Kier molecular flexibility index (Phi) is 4.72. The van der Waals surface area contributed by atoms with Gasteiger partial charge in [-0.05, 0) is 65.3 Å². The summed E-state index contributed by atoms with van der Waals surface area (Å²) in [6.07, 6.45) is 2.11. The normalized spacial score (nSPS) is 20.3. The zero-order valence-electron chi connectivity index (χ0n) is 14.0. The molecule has 116 valence electrons. The molecule has 1 atom stereocenters. The fourth-order valence-electron chi connectivity index (χ4n) is 3.37. The molecule has 2 rings (SSSR count). The molecule has 3 nitrogen and oxygen atoms in total. The molecule has 0 aliphatic carbocycles. The van der Waals surface area contributed by atoms with Crippen molar-refractivity contribution in [2.45, 2.75) is 46.1 Å². The van der Waals surface area contributed by atoms with Gasteiger partial charge in [-0.1, -0.05) is 23.8 Å². The van der Waals surface area contributed by atoms with Gasteiger partial charge >= 0.3 is 0 Å². The highest BCUT2D eigenvalue weighted by molar-refractivity contribution is 5.80. The summed E-state index contributed by atoms with van der Waals surface area (Å²) in [5.41, 5.74) is 3.36. The Morgan fingerprint density at radius 2 is 2.05 bits per heavy atom. The quantitative estimate of drug-likeness (QED) is 0.927. The molecule has 1 aliphatic rings. The van der Waals surface area contributed by atoms with E-state index in [0.29, 0.717) is 0 Å². The fraction of sp³-hybridized carbons (Fsp3) is 0.611. The van der Waals surface area contributed by atoms with Crippen LogP contribution in [0.2, 0.25) is 0 Å². The van der Waals surface area contributed by atoms with Gasteiger partial charge in [0.05, 0.1) is 11.5 Å². The molecule has 0 radical (unpaired) electrons. The molecule has 1 aromatic carbocycles. The lowest BCUT2D eigenvalue weighted by molar-refractivity contribution is -0.128. The molecule has 0 saturated carbocycles. The third-order valence-corrected chi connectivity index (χ3v) is 4.49. The number of likely N-dealkylation sites (tertiary alicyclic amines) is 1. The summed E-state index contributed by atoms with van der Waals surface area (Å²) >= 11 is 0. The third kappa shape index (κ3) is 3.85. The lowest BCUT2D eigenvalue weighted by Crippen LogP contribution is -2.48. The lowest BCUT2D eigenvalue weighted by Gasteiger charge is -2.34. The fourth-order valence-corrected chi connectivity index (χ4v) is 3.37. The third-order valence-electron chi connectivity index (χ3n) is 4.49. The second-order valence-corrected chi connectivity index (χ2v) is 7.03. The van der Waals surface area contributed by atoms with Crippen molar-refractivity contribution in [2.24, 2.45) is 5.92 Å². The van der Waals surface area contributed by atoms with Crippen molar-refractivity contribution in [1.29, 1.82) is 0 Å². The number of rotatable bonds is 3. The largest absolute Gasteiger partial charge is 0.347 e. The van der Waals surface area contributed by atoms with Gasteiger partial charge < -0.3 is 10.2 Å². The molecule has 1 fully saturated rings. The molecule has 3 heteroatoms. The lowest BCUT2D eigenvalue weighted by atomic mass is 9.88. The minimum Gasteiger partial charge on any atom is -0.347 e. The van der Waals surface area contributed by atoms with Gasteiger partial charge in [-0.3, -0.25) is 4.79 Å². The second kappa shape index (κ2) is 6.18. The van der Waals surface area contributed by atoms with Gasteiger partial charge in [-0.15, -0.1) is 0 Å². The van der Waals surface area contributed by atoms with Crippen LogP contribution >= 0.6 is 0 Å². The van der Waals surface area contributed by atoms with Crippen LogP contribution in [0.3, 0.4) is 0 Å². The van der Waals surface area contributed by atoms with Crippen molar-refractivity contribution in [3.63, 3.8) is 0 Å². The van der Waals surface area contributed by atoms with Crippen molar-refractivity contribution in [3.8, 4) is 0 Å². The van der Waals surface area contributed by atoms with Crippen molar-refractivity contribution in [3.05, 3.63) is 34.9 Å². The summed E-state index contributed by atoms with van der Waals surface area (Å²) in [5, 5.41) is 3.26. The van der Waals surface area contributed by atoms with Crippen LogP contribution in [-0.4, -0.2) is 30.9 Å². The molecule has 1 aromatic rings. The zero-order chi connectivity index (χ0) is 15.6. The highest BCUT2D eigenvalue weighted by Gasteiger charge is 2.30. The molecule has 1 aliphatic heterocycles. The molecule has 1 heterocycles. The monoisotopic (exact) mass is 288 g/mol. The number of aryl methyl sites for hydroxylation is 2. The highest BCUT2D eigenvalue weighted by atomic mass is 16.2. The van der Waals surface area contributed by atoms with E-state index in [2.05, 4.69) is 63.2 Å². The molecule has 1 amide bonds. The molecule has 0 aromatic heterocycles. The van der Waals surface area contributed by atoms with Gasteiger partial charge in [0.1, 0.15) is 0 Å². The standard InChI is InChI=1S/C18H28N2O/c1-13-8-9-16(14(2)11-13)18(3,4)19-17(21)15-7-6-10-20(5)12-15/h8-9,11,15H,6-7,10,12H2,1-5H3,(H,19,21)/t15-/m0/s1. The topological polar surface area (TPSA) is 32.3 Å². The van der Waals surface area contributed by atoms with Crippen molar-refractivity contribution >= 4 is 5.91 Å². The first-order chi connectivity index (χ1) is 9.79. The average Bonchev–Trinajstić information content (AvgIpc) is 2.37. The maximum Gasteiger partial charge on any atom is 0.225 e. The number of hydrogen-bond donors (Lipinski definition) is 1. The molecule has 0 bridgehead atoms. The van der Waals surface area contributed by atoms with E-state index in [4.69, 9.17) is 0 Å². The Labute approximate surface area is 128 Å². The van der Waals surface area contributed by atoms with Crippen molar-refractivity contribution in [1.82, 2.24) is 10.2 Å². The Hall–Kier alpha value is -1.35. The highest BCUT2D eigenvalue weighted by Crippen LogP contribution is 2.26. The Balaban J connectivity index is 2.11. The summed E-state index contributed by atoms with van der Waals surface area (Å²) in [6, 6.07) is 6.43. The minimum atomic E-state index is -0.328. The van der Waals surface area contributed by atoms with Crippen LogP contribution < -0.4 is 5.32 Å². The van der Waals surface area contributed by atoms with Gasteiger partial charge in [0.2, 0.25) is 5.91 Å². The molecular weight excluding hydrogens is 260 g/mol. The molecule has 1 N–H and O–H groups in total. The molecular formula is C18H28N2O. The van der Waals surface area contributed by atoms with E-state index in [-0.39, 0.29) is 17.4 Å². The van der Waals surface area contributed by atoms with Crippen LogP contribution in [-0.2, 0) is 10.3 Å². The van der Waals surface area contributed by atoms with Crippen molar-refractivity contribution < 1.29 is 4.79 Å². The van der Waals surface area contributed by atoms with E-state index in [0.717, 1.165) is 25.9 Å². The number of amides is 1. The van der Waals surface area contributed by atoms with E-state index in [1.165, 1.54) is 16.7 Å². The number of piperidine rings is 1. The predicted octanol–water partition coefficient (Wildman–Crippen LogP) is 3.00. The molecule has 21 heavy (non-hydrogen) atoms. The van der Waals surface area contributed by atoms with E-state index < -0.39 is 0 Å². The zero-order valence-corrected chi connectivity index (χ0v) is 14.0. The first-order valence-corrected chi connectivity index (χ1v) is 7.88. The van der Waals surface area contributed by atoms with Crippen LogP contribution in [0.1, 0.15) is 43.4 Å². The molecule has 1 saturated heterocycles. The summed E-state index contributed by atoms with van der Waals surface area (Å²) in [7, 11) is 2.09. The van der Waals surface area contributed by atoms with Gasteiger partial charge in [-0.25, -0.2) is 0 Å². The first kappa shape index (κ1) is 16.0. The van der Waals surface area contributed by atoms with Gasteiger partial charge in [0.15, 0.2) is 0 Å². The number of carbonyl (C=O) groups excluding carboxylic acids is 1. The first-order valence-electron chi connectivity index (χ1n) is 7.88. The minimum absolute atomic E-state index is 0.119. The summed E-state index contributed by atoms with van der Waals surface area (Å²) in [4.78, 5) is 14.8. The number of carbonyl (C=O) groups is 1. The van der Waals surface area contributed by atoms with Gasteiger partial charge in [0.25, 0.3) is 0 Å². The van der Waals surface area contributed by atoms with Crippen LogP contribution in [0, 0.1) is 19.8 Å². The van der Waals surface area contributed by atoms with E-state index in [9.17, 15) is 4.79 Å². The summed E-state index contributed by atoms with van der Waals surface area (Å²) < 4.78 is 0. The molecule has 0 spiro atoms. The van der Waals surface area contributed by atoms with E-state index in [1.807, 2.05) is 0 Å². The maximum atomic E-state index is 12.6. The number of benzene rings is 1. The van der Waals surface area contributed by atoms with Crippen LogP contribution in [0.15, 0.2) is 18.2 Å². The summed E-state index contributed by atoms with van der Waals surface area (Å²) in [5.74, 6) is 0.306. The van der Waals surface area contributed by atoms with Gasteiger partial charge in [-0.2, -0.15) is 0 Å². The Morgan fingerprint density at radius 3 is 2.67 bits per heavy atom. The van der Waals surface area contributed by atoms with Crippen LogP contribution in [0.4, 0.5) is 0 Å². The smallest absolute Gasteiger partial charge is 0.225 e. The van der Waals surface area contributed by atoms with E-state index >= 15 is 0 Å². The maximum absolute atomic E-state index is 12.6. The SMILES string of the molecule is Cc1ccc(C(C)(C)NC(=O)[C@H]2CCCN(C)C2)c(C)c1. The van der Waals surface area contributed by atoms with Crippen LogP contribution in [0.25, 0.3) is 0 Å².